The number of benzene rings is 10. The zero-order chi connectivity index (χ0) is 41.9. The third-order valence-corrected chi connectivity index (χ3v) is 13.3. The van der Waals surface area contributed by atoms with Gasteiger partial charge in [-0.1, -0.05) is 121 Å². The number of hydrogen-bond acceptors (Lipinski definition) is 2. The summed E-state index contributed by atoms with van der Waals surface area (Å²) in [6, 6.07) is 78.7. The van der Waals surface area contributed by atoms with Crippen molar-refractivity contribution < 1.29 is 8.83 Å². The SMILES string of the molecule is c1ccc(-c2ccc3c(c2)c2ccccc2n3-c2ccc3oc4ccc(-n5c6ccccc6c6cc(-c7cccc(-c8ccc9oc%10ccccc%10c9c8)c7)ccc65)cc4c3c2)cc1. The summed E-state index contributed by atoms with van der Waals surface area (Å²) in [5, 5.41) is 9.35. The quantitative estimate of drug-likeness (QED) is 0.173. The molecule has 0 saturated heterocycles. The van der Waals surface area contributed by atoms with Crippen LogP contribution in [0.5, 0.6) is 0 Å². The van der Waals surface area contributed by atoms with E-state index in [9.17, 15) is 0 Å². The lowest BCUT2D eigenvalue weighted by molar-refractivity contribution is 0.668. The van der Waals surface area contributed by atoms with E-state index in [0.717, 1.165) is 66.3 Å². The average Bonchev–Trinajstić information content (AvgIpc) is 4.11. The Bertz CT molecular complexity index is 4200. The molecule has 0 aliphatic carbocycles. The molecule has 0 N–H and O–H groups in total. The molecule has 4 heterocycles. The van der Waals surface area contributed by atoms with E-state index in [4.69, 9.17) is 8.83 Å². The summed E-state index contributed by atoms with van der Waals surface area (Å²) in [6.07, 6.45) is 0. The molecule has 0 fully saturated rings. The van der Waals surface area contributed by atoms with Crippen LogP contribution in [0.3, 0.4) is 0 Å². The molecule has 0 atom stereocenters. The second-order valence-corrected chi connectivity index (χ2v) is 16.9. The molecule has 10 aromatic carbocycles. The molecule has 0 amide bonds. The highest BCUT2D eigenvalue weighted by atomic mass is 16.3. The van der Waals surface area contributed by atoms with E-state index in [1.54, 1.807) is 0 Å². The Morgan fingerprint density at radius 2 is 0.609 bits per heavy atom. The second kappa shape index (κ2) is 13.4. The summed E-state index contributed by atoms with van der Waals surface area (Å²) in [6.45, 7) is 0. The molecule has 0 spiro atoms. The van der Waals surface area contributed by atoms with Crippen molar-refractivity contribution in [1.29, 1.82) is 0 Å². The number of fused-ring (bicyclic) bond motifs is 12. The van der Waals surface area contributed by atoms with Crippen LogP contribution in [-0.4, -0.2) is 9.13 Å². The molecule has 4 nitrogen and oxygen atoms in total. The maximum atomic E-state index is 6.53. The summed E-state index contributed by atoms with van der Waals surface area (Å²) in [4.78, 5) is 0. The zero-order valence-corrected chi connectivity index (χ0v) is 34.5. The van der Waals surface area contributed by atoms with Gasteiger partial charge in [-0.15, -0.1) is 0 Å². The molecular weight excluding hydrogens is 781 g/mol. The fourth-order valence-corrected chi connectivity index (χ4v) is 10.3. The van der Waals surface area contributed by atoms with Crippen LogP contribution in [0.2, 0.25) is 0 Å². The van der Waals surface area contributed by atoms with Gasteiger partial charge in [0.2, 0.25) is 0 Å². The maximum absolute atomic E-state index is 6.53. The third-order valence-electron chi connectivity index (χ3n) is 13.3. The Morgan fingerprint density at radius 1 is 0.219 bits per heavy atom. The lowest BCUT2D eigenvalue weighted by Gasteiger charge is -2.10. The van der Waals surface area contributed by atoms with Crippen molar-refractivity contribution in [2.45, 2.75) is 0 Å². The summed E-state index contributed by atoms with van der Waals surface area (Å²) in [5.74, 6) is 0. The van der Waals surface area contributed by atoms with Crippen LogP contribution in [0.15, 0.2) is 227 Å². The number of hydrogen-bond donors (Lipinski definition) is 0. The van der Waals surface area contributed by atoms with Gasteiger partial charge in [0.25, 0.3) is 0 Å². The number of rotatable bonds is 5. The topological polar surface area (TPSA) is 36.1 Å². The average molecular weight is 817 g/mol. The maximum Gasteiger partial charge on any atom is 0.135 e. The van der Waals surface area contributed by atoms with Crippen LogP contribution in [0, 0.1) is 0 Å². The van der Waals surface area contributed by atoms with Gasteiger partial charge >= 0.3 is 0 Å². The number of aromatic nitrogens is 2. The molecule has 0 bridgehead atoms. The van der Waals surface area contributed by atoms with Crippen LogP contribution >= 0.6 is 0 Å². The molecule has 64 heavy (non-hydrogen) atoms. The van der Waals surface area contributed by atoms with E-state index < -0.39 is 0 Å². The number of nitrogens with zero attached hydrogens (tertiary/aromatic N) is 2. The van der Waals surface area contributed by atoms with E-state index in [1.807, 2.05) is 12.1 Å². The van der Waals surface area contributed by atoms with E-state index in [0.29, 0.717) is 0 Å². The fraction of sp³-hybridized carbons (Fsp3) is 0. The minimum atomic E-state index is 0.869. The van der Waals surface area contributed by atoms with E-state index in [-0.39, 0.29) is 0 Å². The van der Waals surface area contributed by atoms with Crippen molar-refractivity contribution in [3.8, 4) is 44.8 Å². The highest BCUT2D eigenvalue weighted by molar-refractivity contribution is 6.14. The Morgan fingerprint density at radius 3 is 1.20 bits per heavy atom. The molecule has 0 aliphatic rings. The fourth-order valence-electron chi connectivity index (χ4n) is 10.3. The smallest absolute Gasteiger partial charge is 0.135 e. The summed E-state index contributed by atoms with van der Waals surface area (Å²) in [7, 11) is 0. The Kier molecular flexibility index (Phi) is 7.36. The van der Waals surface area contributed by atoms with Gasteiger partial charge in [0.05, 0.1) is 22.1 Å². The molecule has 298 valence electrons. The van der Waals surface area contributed by atoms with Crippen LogP contribution in [0.4, 0.5) is 0 Å². The van der Waals surface area contributed by atoms with Gasteiger partial charge in [0, 0.05) is 54.5 Å². The molecule has 0 aliphatic heterocycles. The van der Waals surface area contributed by atoms with E-state index in [2.05, 4.69) is 215 Å². The predicted octanol–water partition coefficient (Wildman–Crippen LogP) is 16.7. The molecule has 14 aromatic rings. The van der Waals surface area contributed by atoms with E-state index in [1.165, 1.54) is 66.0 Å². The molecule has 0 radical (unpaired) electrons. The Labute approximate surface area is 367 Å². The van der Waals surface area contributed by atoms with Gasteiger partial charge in [0.1, 0.15) is 22.3 Å². The van der Waals surface area contributed by atoms with Gasteiger partial charge in [-0.05, 0) is 130 Å². The van der Waals surface area contributed by atoms with Crippen molar-refractivity contribution in [1.82, 2.24) is 9.13 Å². The van der Waals surface area contributed by atoms with Crippen molar-refractivity contribution in [3.05, 3.63) is 218 Å². The van der Waals surface area contributed by atoms with Gasteiger partial charge in [-0.25, -0.2) is 0 Å². The zero-order valence-electron chi connectivity index (χ0n) is 34.5. The predicted molar refractivity (Wildman–Crippen MR) is 266 cm³/mol. The highest BCUT2D eigenvalue weighted by Gasteiger charge is 2.18. The van der Waals surface area contributed by atoms with Gasteiger partial charge in [-0.3, -0.25) is 0 Å². The highest BCUT2D eigenvalue weighted by Crippen LogP contribution is 2.41. The largest absolute Gasteiger partial charge is 0.456 e. The van der Waals surface area contributed by atoms with Gasteiger partial charge in [0.15, 0.2) is 0 Å². The van der Waals surface area contributed by atoms with E-state index >= 15 is 0 Å². The Balaban J connectivity index is 0.883. The van der Waals surface area contributed by atoms with Gasteiger partial charge in [-0.2, -0.15) is 0 Å². The van der Waals surface area contributed by atoms with Crippen LogP contribution in [0.25, 0.3) is 132 Å². The number of furan rings is 2. The summed E-state index contributed by atoms with van der Waals surface area (Å²) in [5.41, 5.74) is 17.5. The minimum absolute atomic E-state index is 0.869. The first kappa shape index (κ1) is 35.0. The molecule has 4 heteroatoms. The lowest BCUT2D eigenvalue weighted by atomic mass is 9.97. The van der Waals surface area contributed by atoms with Crippen molar-refractivity contribution >= 4 is 87.5 Å². The molecule has 4 aromatic heterocycles. The molecule has 0 unspecified atom stereocenters. The Hall–Kier alpha value is -8.60. The standard InChI is InChI=1S/C60H36N2O2/c1-2-11-37(12-3-1)40-21-26-55-48(32-40)45-15-4-7-18-53(45)61(55)43-24-29-59-51(35-43)52-36-44(25-30-60(52)64-59)62-54-19-8-5-16-46(54)49-33-41(22-27-56(49)62)38-13-10-14-39(31-38)42-23-28-58-50(34-42)47-17-6-9-20-57(47)63-58/h1-36H. The third kappa shape index (κ3) is 5.23. The lowest BCUT2D eigenvalue weighted by Crippen LogP contribution is -1.94. The van der Waals surface area contributed by atoms with Crippen LogP contribution in [-0.2, 0) is 0 Å². The van der Waals surface area contributed by atoms with Crippen LogP contribution in [0.1, 0.15) is 0 Å². The molecular formula is C60H36N2O2. The number of para-hydroxylation sites is 3. The first-order valence-electron chi connectivity index (χ1n) is 21.8. The first-order chi connectivity index (χ1) is 31.7. The van der Waals surface area contributed by atoms with Crippen molar-refractivity contribution in [3.63, 3.8) is 0 Å². The van der Waals surface area contributed by atoms with Gasteiger partial charge < -0.3 is 18.0 Å². The normalized spacial score (nSPS) is 12.1. The second-order valence-electron chi connectivity index (χ2n) is 16.9. The van der Waals surface area contributed by atoms with Crippen molar-refractivity contribution in [2.75, 3.05) is 0 Å². The summed E-state index contributed by atoms with van der Waals surface area (Å²) >= 11 is 0. The van der Waals surface area contributed by atoms with Crippen LogP contribution < -0.4 is 0 Å². The minimum Gasteiger partial charge on any atom is -0.456 e. The molecule has 0 saturated carbocycles. The van der Waals surface area contributed by atoms with Crippen molar-refractivity contribution in [2.24, 2.45) is 0 Å². The first-order valence-corrected chi connectivity index (χ1v) is 21.8. The molecule has 14 rings (SSSR count). The monoisotopic (exact) mass is 816 g/mol. The summed E-state index contributed by atoms with van der Waals surface area (Å²) < 4.78 is 17.5.